The van der Waals surface area contributed by atoms with Gasteiger partial charge in [0, 0.05) is 16.5 Å². The number of nitrogens with zero attached hydrogens (tertiary/aromatic N) is 1. The zero-order chi connectivity index (χ0) is 13.0. The Morgan fingerprint density at radius 3 is 2.65 bits per heavy atom. The largest absolute Gasteiger partial charge is 0.469 e. The van der Waals surface area contributed by atoms with E-state index in [2.05, 4.69) is 20.7 Å². The van der Waals surface area contributed by atoms with Gasteiger partial charge in [0.1, 0.15) is 0 Å². The van der Waals surface area contributed by atoms with E-state index in [9.17, 15) is 14.9 Å². The second-order valence-corrected chi connectivity index (χ2v) is 4.12. The summed E-state index contributed by atoms with van der Waals surface area (Å²) in [5, 5.41) is 11.3. The van der Waals surface area contributed by atoms with Crippen LogP contribution in [-0.4, -0.2) is 18.0 Å². The molecule has 1 rings (SSSR count). The van der Waals surface area contributed by atoms with E-state index < -0.39 is 4.92 Å². The quantitative estimate of drug-likeness (QED) is 0.371. The Kier molecular flexibility index (Phi) is 4.62. The highest BCUT2D eigenvalue weighted by Gasteiger charge is 2.18. The zero-order valence-electron chi connectivity index (χ0n) is 9.53. The molecule has 1 aromatic carbocycles. The van der Waals surface area contributed by atoms with Crippen molar-refractivity contribution in [3.05, 3.63) is 38.9 Å². The molecule has 1 aromatic rings. The van der Waals surface area contributed by atoms with Crippen LogP contribution in [0.4, 0.5) is 5.69 Å². The highest BCUT2D eigenvalue weighted by atomic mass is 79.9. The number of methoxy groups -OCH3 is 1. The summed E-state index contributed by atoms with van der Waals surface area (Å²) >= 11 is 3.21. The highest BCUT2D eigenvalue weighted by molar-refractivity contribution is 9.08. The molecule has 5 nitrogen and oxygen atoms in total. The van der Waals surface area contributed by atoms with Crippen molar-refractivity contribution in [3.63, 3.8) is 0 Å². The Labute approximate surface area is 107 Å². The Bertz CT molecular complexity index is 459. The molecule has 0 atom stereocenters. The molecule has 0 aliphatic rings. The molecule has 0 saturated heterocycles. The van der Waals surface area contributed by atoms with Crippen LogP contribution >= 0.6 is 15.9 Å². The molecular formula is C11H12BrNO4. The van der Waals surface area contributed by atoms with Gasteiger partial charge in [-0.2, -0.15) is 0 Å². The fourth-order valence-electron chi connectivity index (χ4n) is 1.64. The van der Waals surface area contributed by atoms with Crippen molar-refractivity contribution in [2.75, 3.05) is 7.11 Å². The number of rotatable bonds is 4. The van der Waals surface area contributed by atoms with Crippen molar-refractivity contribution in [1.29, 1.82) is 0 Å². The van der Waals surface area contributed by atoms with Gasteiger partial charge in [0.25, 0.3) is 5.69 Å². The number of benzene rings is 1. The summed E-state index contributed by atoms with van der Waals surface area (Å²) in [4.78, 5) is 21.6. The lowest BCUT2D eigenvalue weighted by Crippen LogP contribution is -2.06. The van der Waals surface area contributed by atoms with Gasteiger partial charge in [0.15, 0.2) is 0 Å². The summed E-state index contributed by atoms with van der Waals surface area (Å²) in [5.74, 6) is -0.362. The number of nitro groups is 1. The van der Waals surface area contributed by atoms with Gasteiger partial charge in [0.05, 0.1) is 18.5 Å². The van der Waals surface area contributed by atoms with Gasteiger partial charge < -0.3 is 4.74 Å². The number of hydrogen-bond acceptors (Lipinski definition) is 4. The number of carbonyl (C=O) groups excluding carboxylic acids is 1. The molecule has 0 N–H and O–H groups in total. The van der Waals surface area contributed by atoms with Gasteiger partial charge in [-0.25, -0.2) is 0 Å². The predicted octanol–water partition coefficient (Wildman–Crippen LogP) is 2.51. The fraction of sp³-hybridized carbons (Fsp3) is 0.364. The summed E-state index contributed by atoms with van der Waals surface area (Å²) in [6, 6.07) is 3.29. The topological polar surface area (TPSA) is 69.4 Å². The molecule has 0 fully saturated rings. The molecule has 0 saturated carbocycles. The number of alkyl halides is 1. The van der Waals surface area contributed by atoms with Crippen LogP contribution < -0.4 is 0 Å². The van der Waals surface area contributed by atoms with Crippen LogP contribution in [0.3, 0.4) is 0 Å². The number of ether oxygens (including phenoxy) is 1. The maximum absolute atomic E-state index is 11.1. The fourth-order valence-corrected chi connectivity index (χ4v) is 2.06. The molecule has 0 bridgehead atoms. The maximum Gasteiger partial charge on any atom is 0.309 e. The molecule has 0 spiro atoms. The summed E-state index contributed by atoms with van der Waals surface area (Å²) in [6.45, 7) is 1.66. The van der Waals surface area contributed by atoms with E-state index in [0.717, 1.165) is 5.56 Å². The van der Waals surface area contributed by atoms with E-state index in [1.165, 1.54) is 7.11 Å². The third kappa shape index (κ3) is 3.26. The lowest BCUT2D eigenvalue weighted by molar-refractivity contribution is -0.386. The van der Waals surface area contributed by atoms with Crippen molar-refractivity contribution < 1.29 is 14.5 Å². The van der Waals surface area contributed by atoms with E-state index in [0.29, 0.717) is 16.5 Å². The number of halogens is 1. The van der Waals surface area contributed by atoms with E-state index in [1.54, 1.807) is 19.1 Å². The van der Waals surface area contributed by atoms with Crippen LogP contribution in [0, 0.1) is 17.0 Å². The van der Waals surface area contributed by atoms with Crippen molar-refractivity contribution in [2.24, 2.45) is 0 Å². The second-order valence-electron chi connectivity index (χ2n) is 3.56. The van der Waals surface area contributed by atoms with Gasteiger partial charge in [-0.05, 0) is 24.6 Å². The van der Waals surface area contributed by atoms with Crippen molar-refractivity contribution in [2.45, 2.75) is 18.7 Å². The average molecular weight is 302 g/mol. The highest BCUT2D eigenvalue weighted by Crippen LogP contribution is 2.27. The second kappa shape index (κ2) is 5.77. The number of carbonyl (C=O) groups is 1. The van der Waals surface area contributed by atoms with Crippen LogP contribution in [-0.2, 0) is 21.3 Å². The molecular weight excluding hydrogens is 290 g/mol. The van der Waals surface area contributed by atoms with Gasteiger partial charge in [-0.1, -0.05) is 15.9 Å². The minimum Gasteiger partial charge on any atom is -0.469 e. The third-order valence-electron chi connectivity index (χ3n) is 2.34. The van der Waals surface area contributed by atoms with Crippen LogP contribution in [0.1, 0.15) is 16.7 Å². The van der Waals surface area contributed by atoms with Crippen molar-refractivity contribution in [1.82, 2.24) is 0 Å². The van der Waals surface area contributed by atoms with Crippen LogP contribution in [0.15, 0.2) is 12.1 Å². The molecule has 0 aromatic heterocycles. The first kappa shape index (κ1) is 13.6. The molecule has 0 aliphatic carbocycles. The van der Waals surface area contributed by atoms with E-state index in [4.69, 9.17) is 0 Å². The SMILES string of the molecule is COC(=O)Cc1cc(C)c([N+](=O)[O-])c(CBr)c1. The van der Waals surface area contributed by atoms with Crippen LogP contribution in [0.25, 0.3) is 0 Å². The zero-order valence-corrected chi connectivity index (χ0v) is 11.1. The molecule has 6 heteroatoms. The van der Waals surface area contributed by atoms with Crippen molar-refractivity contribution >= 4 is 27.6 Å². The number of nitro benzene ring substituents is 1. The third-order valence-corrected chi connectivity index (χ3v) is 2.95. The summed E-state index contributed by atoms with van der Waals surface area (Å²) in [5.41, 5.74) is 1.92. The standard InChI is InChI=1S/C11H12BrNO4/c1-7-3-8(5-10(14)17-2)4-9(6-12)11(7)13(15)16/h3-4H,5-6H2,1-2H3. The molecule has 17 heavy (non-hydrogen) atoms. The maximum atomic E-state index is 11.1. The van der Waals surface area contributed by atoms with Gasteiger partial charge in [0.2, 0.25) is 0 Å². The monoisotopic (exact) mass is 301 g/mol. The Hall–Kier alpha value is -1.43. The molecule has 0 aliphatic heterocycles. The summed E-state index contributed by atoms with van der Waals surface area (Å²) < 4.78 is 4.56. The molecule has 0 amide bonds. The lowest BCUT2D eigenvalue weighted by Gasteiger charge is -2.06. The lowest BCUT2D eigenvalue weighted by atomic mass is 10.0. The Morgan fingerprint density at radius 2 is 2.18 bits per heavy atom. The first-order valence-electron chi connectivity index (χ1n) is 4.89. The smallest absolute Gasteiger partial charge is 0.309 e. The van der Waals surface area contributed by atoms with Gasteiger partial charge in [-0.15, -0.1) is 0 Å². The first-order chi connectivity index (χ1) is 7.99. The molecule has 0 heterocycles. The van der Waals surface area contributed by atoms with Crippen LogP contribution in [0.2, 0.25) is 0 Å². The minimum atomic E-state index is -0.409. The van der Waals surface area contributed by atoms with Crippen LogP contribution in [0.5, 0.6) is 0 Å². The van der Waals surface area contributed by atoms with Gasteiger partial charge >= 0.3 is 5.97 Å². The molecule has 0 radical (unpaired) electrons. The number of esters is 1. The summed E-state index contributed by atoms with van der Waals surface area (Å²) in [7, 11) is 1.31. The Morgan fingerprint density at radius 1 is 1.53 bits per heavy atom. The molecule has 0 unspecified atom stereocenters. The molecule has 92 valence electrons. The predicted molar refractivity (Wildman–Crippen MR) is 66.2 cm³/mol. The normalized spacial score (nSPS) is 10.1. The minimum absolute atomic E-state index is 0.0930. The van der Waals surface area contributed by atoms with E-state index >= 15 is 0 Å². The van der Waals surface area contributed by atoms with Crippen molar-refractivity contribution in [3.8, 4) is 0 Å². The average Bonchev–Trinajstić information content (AvgIpc) is 2.27. The number of hydrogen-bond donors (Lipinski definition) is 0. The van der Waals surface area contributed by atoms with E-state index in [-0.39, 0.29) is 18.1 Å². The van der Waals surface area contributed by atoms with Gasteiger partial charge in [-0.3, -0.25) is 14.9 Å². The number of aryl methyl sites for hydroxylation is 1. The Balaban J connectivity index is 3.17. The first-order valence-corrected chi connectivity index (χ1v) is 6.01. The van der Waals surface area contributed by atoms with E-state index in [1.807, 2.05) is 0 Å². The summed E-state index contributed by atoms with van der Waals surface area (Å²) in [6.07, 6.45) is 0.120.